The van der Waals surface area contributed by atoms with Crippen LogP contribution in [0.4, 0.5) is 5.69 Å². The zero-order chi connectivity index (χ0) is 8.13. The first kappa shape index (κ1) is 7.18. The van der Waals surface area contributed by atoms with Crippen LogP contribution in [0.1, 0.15) is 17.9 Å². The van der Waals surface area contributed by atoms with Crippen LogP contribution in [0.3, 0.4) is 0 Å². The molecule has 0 saturated heterocycles. The van der Waals surface area contributed by atoms with Crippen LogP contribution in [0.5, 0.6) is 0 Å². The van der Waals surface area contributed by atoms with Crippen molar-refractivity contribution in [3.63, 3.8) is 0 Å². The molecule has 2 atom stereocenters. The van der Waals surface area contributed by atoms with E-state index in [1.165, 1.54) is 22.2 Å². The van der Waals surface area contributed by atoms with Crippen molar-refractivity contribution in [2.24, 2.45) is 5.92 Å². The highest BCUT2D eigenvalue weighted by molar-refractivity contribution is 14.1. The second-order valence-corrected chi connectivity index (χ2v) is 4.96. The molecule has 1 saturated carbocycles. The lowest BCUT2D eigenvalue weighted by Crippen LogP contribution is -2.11. The SMILES string of the molecule is Ic1ccc2c(c1)C1CC1CN2. The maximum absolute atomic E-state index is 3.48. The topological polar surface area (TPSA) is 12.0 Å². The molecule has 62 valence electrons. The summed E-state index contributed by atoms with van der Waals surface area (Å²) in [5.41, 5.74) is 2.92. The standard InChI is InChI=1S/C10H10IN/c11-7-1-2-10-9(4-7)8-3-6(8)5-12-10/h1-2,4,6,8,12H,3,5H2. The molecule has 0 radical (unpaired) electrons. The van der Waals surface area contributed by atoms with Gasteiger partial charge in [0.15, 0.2) is 0 Å². The molecule has 0 spiro atoms. The summed E-state index contributed by atoms with van der Waals surface area (Å²) in [7, 11) is 0. The first-order valence-electron chi connectivity index (χ1n) is 4.38. The summed E-state index contributed by atoms with van der Waals surface area (Å²) in [4.78, 5) is 0. The number of benzene rings is 1. The quantitative estimate of drug-likeness (QED) is 0.715. The molecule has 0 aromatic heterocycles. The lowest BCUT2D eigenvalue weighted by Gasteiger charge is -2.17. The van der Waals surface area contributed by atoms with Crippen LogP contribution in [-0.2, 0) is 0 Å². The van der Waals surface area contributed by atoms with E-state index in [1.54, 1.807) is 5.56 Å². The van der Waals surface area contributed by atoms with Gasteiger partial charge in [0.2, 0.25) is 0 Å². The Kier molecular flexibility index (Phi) is 1.42. The lowest BCUT2D eigenvalue weighted by atomic mass is 10.0. The molecule has 1 aliphatic carbocycles. The van der Waals surface area contributed by atoms with E-state index in [0.717, 1.165) is 11.8 Å². The maximum Gasteiger partial charge on any atom is 0.0376 e. The fourth-order valence-corrected chi connectivity index (χ4v) is 2.61. The Morgan fingerprint density at radius 3 is 3.25 bits per heavy atom. The van der Waals surface area contributed by atoms with Gasteiger partial charge in [0.25, 0.3) is 0 Å². The van der Waals surface area contributed by atoms with Gasteiger partial charge in [-0.25, -0.2) is 0 Å². The zero-order valence-corrected chi connectivity index (χ0v) is 8.84. The van der Waals surface area contributed by atoms with E-state index in [2.05, 4.69) is 46.1 Å². The number of anilines is 1. The third-order valence-corrected chi connectivity index (χ3v) is 3.56. The van der Waals surface area contributed by atoms with Crippen molar-refractivity contribution >= 4 is 28.3 Å². The highest BCUT2D eigenvalue weighted by Gasteiger charge is 2.42. The molecule has 1 N–H and O–H groups in total. The molecule has 12 heavy (non-hydrogen) atoms. The number of nitrogens with one attached hydrogen (secondary N) is 1. The van der Waals surface area contributed by atoms with Crippen molar-refractivity contribution in [2.75, 3.05) is 11.9 Å². The van der Waals surface area contributed by atoms with Crippen molar-refractivity contribution in [2.45, 2.75) is 12.3 Å². The first-order chi connectivity index (χ1) is 5.84. The molecule has 1 aliphatic heterocycles. The molecule has 1 aromatic rings. The highest BCUT2D eigenvalue weighted by Crippen LogP contribution is 2.52. The van der Waals surface area contributed by atoms with E-state index >= 15 is 0 Å². The van der Waals surface area contributed by atoms with Gasteiger partial charge in [-0.05, 0) is 64.6 Å². The molecule has 1 nitrogen and oxygen atoms in total. The Morgan fingerprint density at radius 2 is 2.33 bits per heavy atom. The number of halogens is 1. The second-order valence-electron chi connectivity index (χ2n) is 3.71. The Labute approximate surface area is 85.7 Å². The molecule has 2 heteroatoms. The summed E-state index contributed by atoms with van der Waals surface area (Å²) in [6, 6.07) is 6.72. The van der Waals surface area contributed by atoms with E-state index in [-0.39, 0.29) is 0 Å². The minimum atomic E-state index is 0.885. The van der Waals surface area contributed by atoms with Gasteiger partial charge in [0.1, 0.15) is 0 Å². The van der Waals surface area contributed by atoms with Crippen molar-refractivity contribution in [1.82, 2.24) is 0 Å². The van der Waals surface area contributed by atoms with Gasteiger partial charge in [-0.3, -0.25) is 0 Å². The van der Waals surface area contributed by atoms with E-state index in [0.29, 0.717) is 0 Å². The zero-order valence-electron chi connectivity index (χ0n) is 6.68. The molecule has 2 unspecified atom stereocenters. The fraction of sp³-hybridized carbons (Fsp3) is 0.400. The van der Waals surface area contributed by atoms with E-state index in [1.807, 2.05) is 0 Å². The van der Waals surface area contributed by atoms with Gasteiger partial charge in [-0.1, -0.05) is 0 Å². The summed E-state index contributed by atoms with van der Waals surface area (Å²) in [6.07, 6.45) is 1.40. The predicted octanol–water partition coefficient (Wildman–Crippen LogP) is 2.82. The lowest BCUT2D eigenvalue weighted by molar-refractivity contribution is 0.816. The maximum atomic E-state index is 3.48. The highest BCUT2D eigenvalue weighted by atomic mass is 127. The van der Waals surface area contributed by atoms with Crippen LogP contribution >= 0.6 is 22.6 Å². The van der Waals surface area contributed by atoms with Crippen molar-refractivity contribution in [1.29, 1.82) is 0 Å². The molecule has 2 aliphatic rings. The van der Waals surface area contributed by atoms with Crippen LogP contribution in [0.2, 0.25) is 0 Å². The number of fused-ring (bicyclic) bond motifs is 3. The Hall–Kier alpha value is -0.250. The van der Waals surface area contributed by atoms with E-state index in [4.69, 9.17) is 0 Å². The Balaban J connectivity index is 2.14. The summed E-state index contributed by atoms with van der Waals surface area (Å²) in [5, 5.41) is 3.48. The predicted molar refractivity (Wildman–Crippen MR) is 58.5 cm³/mol. The molecule has 0 bridgehead atoms. The minimum absolute atomic E-state index is 0.885. The van der Waals surface area contributed by atoms with Gasteiger partial charge in [-0.2, -0.15) is 0 Å². The molecule has 3 rings (SSSR count). The van der Waals surface area contributed by atoms with Crippen LogP contribution < -0.4 is 5.32 Å². The average molecular weight is 271 g/mol. The van der Waals surface area contributed by atoms with Gasteiger partial charge in [0.05, 0.1) is 0 Å². The largest absolute Gasteiger partial charge is 0.385 e. The van der Waals surface area contributed by atoms with Gasteiger partial charge >= 0.3 is 0 Å². The summed E-state index contributed by atoms with van der Waals surface area (Å²) >= 11 is 2.39. The summed E-state index contributed by atoms with van der Waals surface area (Å²) in [5.74, 6) is 1.83. The second kappa shape index (κ2) is 2.37. The Morgan fingerprint density at radius 1 is 1.42 bits per heavy atom. The monoisotopic (exact) mass is 271 g/mol. The van der Waals surface area contributed by atoms with Gasteiger partial charge in [0, 0.05) is 15.8 Å². The number of hydrogen-bond acceptors (Lipinski definition) is 1. The third kappa shape index (κ3) is 0.969. The van der Waals surface area contributed by atoms with Gasteiger partial charge < -0.3 is 5.32 Å². The number of rotatable bonds is 0. The van der Waals surface area contributed by atoms with Crippen molar-refractivity contribution < 1.29 is 0 Å². The minimum Gasteiger partial charge on any atom is -0.385 e. The summed E-state index contributed by atoms with van der Waals surface area (Å²) < 4.78 is 1.36. The van der Waals surface area contributed by atoms with E-state index in [9.17, 15) is 0 Å². The summed E-state index contributed by atoms with van der Waals surface area (Å²) in [6.45, 7) is 1.19. The van der Waals surface area contributed by atoms with Gasteiger partial charge in [-0.15, -0.1) is 0 Å². The first-order valence-corrected chi connectivity index (χ1v) is 5.46. The van der Waals surface area contributed by atoms with Crippen LogP contribution in [0, 0.1) is 9.49 Å². The normalized spacial score (nSPS) is 30.1. The smallest absolute Gasteiger partial charge is 0.0376 e. The van der Waals surface area contributed by atoms with Crippen molar-refractivity contribution in [3.05, 3.63) is 27.3 Å². The van der Waals surface area contributed by atoms with Crippen LogP contribution in [0.25, 0.3) is 0 Å². The fourth-order valence-electron chi connectivity index (χ4n) is 2.10. The molecule has 1 aromatic carbocycles. The van der Waals surface area contributed by atoms with Crippen LogP contribution in [0.15, 0.2) is 18.2 Å². The van der Waals surface area contributed by atoms with E-state index < -0.39 is 0 Å². The third-order valence-electron chi connectivity index (χ3n) is 2.89. The molecular weight excluding hydrogens is 261 g/mol. The average Bonchev–Trinajstić information content (AvgIpc) is 2.82. The number of hydrogen-bond donors (Lipinski definition) is 1. The molecule has 0 amide bonds. The van der Waals surface area contributed by atoms with Crippen molar-refractivity contribution in [3.8, 4) is 0 Å². The Bertz CT molecular complexity index is 335. The molecule has 1 heterocycles. The van der Waals surface area contributed by atoms with Crippen LogP contribution in [-0.4, -0.2) is 6.54 Å². The molecule has 1 fully saturated rings. The molecular formula is C10H10IN.